The minimum Gasteiger partial charge on any atom is -0.444 e. The molecule has 1 aliphatic carbocycles. The van der Waals surface area contributed by atoms with Gasteiger partial charge in [-0.1, -0.05) is 19.3 Å². The van der Waals surface area contributed by atoms with Gasteiger partial charge in [0.25, 0.3) is 0 Å². The van der Waals surface area contributed by atoms with Crippen molar-refractivity contribution in [2.24, 2.45) is 5.92 Å². The Morgan fingerprint density at radius 3 is 2.37 bits per heavy atom. The molecule has 2 N–H and O–H groups in total. The number of aliphatic hydroxyl groups is 1. The fourth-order valence-electron chi connectivity index (χ4n) is 2.73. The second-order valence-electron chi connectivity index (χ2n) is 6.74. The third kappa shape index (κ3) is 6.81. The van der Waals surface area contributed by atoms with Gasteiger partial charge in [-0.3, -0.25) is 0 Å². The SMILES string of the molecule is C[C@H](O)C[C@H](NC(=O)OC(C)(C)C)C1CCCCC1. The molecule has 0 aromatic heterocycles. The second-order valence-corrected chi connectivity index (χ2v) is 6.74. The van der Waals surface area contributed by atoms with E-state index in [1.165, 1.54) is 19.3 Å². The van der Waals surface area contributed by atoms with Crippen molar-refractivity contribution in [3.8, 4) is 0 Å². The Balaban J connectivity index is 2.55. The third-order valence-corrected chi connectivity index (χ3v) is 3.52. The maximum atomic E-state index is 11.9. The van der Waals surface area contributed by atoms with Crippen LogP contribution < -0.4 is 5.32 Å². The minimum atomic E-state index is -0.480. The van der Waals surface area contributed by atoms with Crippen LogP contribution in [0.1, 0.15) is 66.2 Å². The smallest absolute Gasteiger partial charge is 0.407 e. The normalized spacial score (nSPS) is 20.7. The van der Waals surface area contributed by atoms with E-state index < -0.39 is 11.7 Å². The Morgan fingerprint density at radius 2 is 1.89 bits per heavy atom. The van der Waals surface area contributed by atoms with Crippen LogP contribution in [0.25, 0.3) is 0 Å². The molecule has 1 amide bonds. The molecule has 4 nitrogen and oxygen atoms in total. The van der Waals surface area contributed by atoms with Crippen molar-refractivity contribution < 1.29 is 14.6 Å². The summed E-state index contributed by atoms with van der Waals surface area (Å²) in [6, 6.07) is 0.0233. The van der Waals surface area contributed by atoms with Gasteiger partial charge in [-0.25, -0.2) is 4.79 Å². The van der Waals surface area contributed by atoms with E-state index in [9.17, 15) is 9.90 Å². The zero-order valence-electron chi connectivity index (χ0n) is 12.7. The first kappa shape index (κ1) is 16.3. The number of nitrogens with one attached hydrogen (secondary N) is 1. The topological polar surface area (TPSA) is 58.6 Å². The number of aliphatic hydroxyl groups excluding tert-OH is 1. The molecular formula is C15H29NO3. The van der Waals surface area contributed by atoms with Crippen LogP contribution in [0.15, 0.2) is 0 Å². The third-order valence-electron chi connectivity index (χ3n) is 3.52. The largest absolute Gasteiger partial charge is 0.444 e. The molecule has 112 valence electrons. The van der Waals surface area contributed by atoms with Gasteiger partial charge in [0.05, 0.1) is 6.10 Å². The standard InChI is InChI=1S/C15H29NO3/c1-11(17)10-13(12-8-6-5-7-9-12)16-14(18)19-15(2,3)4/h11-13,17H,5-10H2,1-4H3,(H,16,18)/t11-,13-/m0/s1. The first-order chi connectivity index (χ1) is 8.78. The summed E-state index contributed by atoms with van der Waals surface area (Å²) in [4.78, 5) is 11.9. The van der Waals surface area contributed by atoms with E-state index in [1.807, 2.05) is 20.8 Å². The molecule has 0 aliphatic heterocycles. The molecule has 0 aromatic rings. The summed E-state index contributed by atoms with van der Waals surface area (Å²) in [5.74, 6) is 0.468. The van der Waals surface area contributed by atoms with Crippen molar-refractivity contribution in [2.45, 2.75) is 84.0 Å². The molecule has 1 rings (SSSR count). The van der Waals surface area contributed by atoms with Crippen molar-refractivity contribution in [1.82, 2.24) is 5.32 Å². The summed E-state index contributed by atoms with van der Waals surface area (Å²) >= 11 is 0. The predicted octanol–water partition coefficient (Wildman–Crippen LogP) is 3.23. The van der Waals surface area contributed by atoms with Gasteiger partial charge in [-0.2, -0.15) is 0 Å². The van der Waals surface area contributed by atoms with E-state index in [0.29, 0.717) is 12.3 Å². The van der Waals surface area contributed by atoms with Crippen LogP contribution in [0.5, 0.6) is 0 Å². The first-order valence-electron chi connectivity index (χ1n) is 7.45. The van der Waals surface area contributed by atoms with Crippen molar-refractivity contribution in [1.29, 1.82) is 0 Å². The van der Waals surface area contributed by atoms with Gasteiger partial charge in [-0.05, 0) is 52.9 Å². The number of rotatable bonds is 4. The van der Waals surface area contributed by atoms with E-state index in [2.05, 4.69) is 5.32 Å². The highest BCUT2D eigenvalue weighted by Crippen LogP contribution is 2.28. The molecule has 1 saturated carbocycles. The van der Waals surface area contributed by atoms with E-state index in [4.69, 9.17) is 4.74 Å². The van der Waals surface area contributed by atoms with E-state index in [0.717, 1.165) is 12.8 Å². The fraction of sp³-hybridized carbons (Fsp3) is 0.933. The van der Waals surface area contributed by atoms with Crippen LogP contribution in [0.4, 0.5) is 4.79 Å². The highest BCUT2D eigenvalue weighted by Gasteiger charge is 2.28. The van der Waals surface area contributed by atoms with E-state index in [-0.39, 0.29) is 12.1 Å². The summed E-state index contributed by atoms with van der Waals surface area (Å²) in [5, 5.41) is 12.6. The zero-order valence-corrected chi connectivity index (χ0v) is 12.7. The summed E-state index contributed by atoms with van der Waals surface area (Å²) < 4.78 is 5.31. The van der Waals surface area contributed by atoms with Crippen LogP contribution in [0.3, 0.4) is 0 Å². The number of hydrogen-bond donors (Lipinski definition) is 2. The van der Waals surface area contributed by atoms with Crippen LogP contribution in [0.2, 0.25) is 0 Å². The lowest BCUT2D eigenvalue weighted by atomic mass is 9.82. The highest BCUT2D eigenvalue weighted by atomic mass is 16.6. The maximum absolute atomic E-state index is 11.9. The van der Waals surface area contributed by atoms with Gasteiger partial charge in [0.2, 0.25) is 0 Å². The van der Waals surface area contributed by atoms with Crippen LogP contribution >= 0.6 is 0 Å². The Morgan fingerprint density at radius 1 is 1.32 bits per heavy atom. The predicted molar refractivity (Wildman–Crippen MR) is 76.0 cm³/mol. The average Bonchev–Trinajstić information content (AvgIpc) is 2.26. The summed E-state index contributed by atoms with van der Waals surface area (Å²) in [7, 11) is 0. The summed E-state index contributed by atoms with van der Waals surface area (Å²) in [6.07, 6.45) is 5.81. The Kier molecular flexibility index (Phi) is 6.11. The summed E-state index contributed by atoms with van der Waals surface area (Å²) in [6.45, 7) is 7.34. The lowest BCUT2D eigenvalue weighted by molar-refractivity contribution is 0.0447. The molecule has 0 radical (unpaired) electrons. The van der Waals surface area contributed by atoms with Crippen LogP contribution in [0, 0.1) is 5.92 Å². The number of hydrogen-bond acceptors (Lipinski definition) is 3. The molecule has 1 aliphatic rings. The van der Waals surface area contributed by atoms with Crippen molar-refractivity contribution in [3.63, 3.8) is 0 Å². The number of amides is 1. The number of carbonyl (C=O) groups excluding carboxylic acids is 1. The Bertz CT molecular complexity index is 278. The molecule has 0 bridgehead atoms. The number of ether oxygens (including phenoxy) is 1. The first-order valence-corrected chi connectivity index (χ1v) is 7.45. The van der Waals surface area contributed by atoms with Crippen molar-refractivity contribution >= 4 is 6.09 Å². The van der Waals surface area contributed by atoms with Crippen LogP contribution in [-0.2, 0) is 4.74 Å². The fourth-order valence-corrected chi connectivity index (χ4v) is 2.73. The molecule has 0 spiro atoms. The molecular weight excluding hydrogens is 242 g/mol. The van der Waals surface area contributed by atoms with Crippen LogP contribution in [-0.4, -0.2) is 28.9 Å². The van der Waals surface area contributed by atoms with Gasteiger partial charge in [0.15, 0.2) is 0 Å². The lowest BCUT2D eigenvalue weighted by Gasteiger charge is -2.32. The Labute approximate surface area is 116 Å². The quantitative estimate of drug-likeness (QED) is 0.825. The van der Waals surface area contributed by atoms with Gasteiger partial charge < -0.3 is 15.2 Å². The highest BCUT2D eigenvalue weighted by molar-refractivity contribution is 5.68. The molecule has 4 heteroatoms. The lowest BCUT2D eigenvalue weighted by Crippen LogP contribution is -2.45. The molecule has 0 heterocycles. The van der Waals surface area contributed by atoms with Gasteiger partial charge in [-0.15, -0.1) is 0 Å². The van der Waals surface area contributed by atoms with Crippen molar-refractivity contribution in [2.75, 3.05) is 0 Å². The van der Waals surface area contributed by atoms with Gasteiger partial charge >= 0.3 is 6.09 Å². The molecule has 19 heavy (non-hydrogen) atoms. The maximum Gasteiger partial charge on any atom is 0.407 e. The van der Waals surface area contributed by atoms with Gasteiger partial charge in [0.1, 0.15) is 5.60 Å². The van der Waals surface area contributed by atoms with E-state index >= 15 is 0 Å². The summed E-state index contributed by atoms with van der Waals surface area (Å²) in [5.41, 5.74) is -0.480. The van der Waals surface area contributed by atoms with E-state index in [1.54, 1.807) is 6.92 Å². The molecule has 0 unspecified atom stereocenters. The van der Waals surface area contributed by atoms with Gasteiger partial charge in [0, 0.05) is 6.04 Å². The Hall–Kier alpha value is -0.770. The average molecular weight is 271 g/mol. The number of alkyl carbamates (subject to hydrolysis) is 1. The zero-order chi connectivity index (χ0) is 14.5. The molecule has 1 fully saturated rings. The van der Waals surface area contributed by atoms with Crippen molar-refractivity contribution in [3.05, 3.63) is 0 Å². The monoisotopic (exact) mass is 271 g/mol. The minimum absolute atomic E-state index is 0.0233. The molecule has 0 saturated heterocycles. The second kappa shape index (κ2) is 7.13. The number of carbonyl (C=O) groups is 1. The molecule has 0 aromatic carbocycles. The molecule has 2 atom stereocenters.